The maximum atomic E-state index is 14.1. The number of fused-ring (bicyclic) bond motifs is 1. The molecular formula is C24H20FN5O3S. The lowest BCUT2D eigenvalue weighted by Crippen LogP contribution is -2.49. The zero-order valence-corrected chi connectivity index (χ0v) is 19.0. The summed E-state index contributed by atoms with van der Waals surface area (Å²) in [4.78, 5) is 35.6. The Morgan fingerprint density at radius 2 is 1.91 bits per heavy atom. The first-order valence-corrected chi connectivity index (χ1v) is 12.1. The Morgan fingerprint density at radius 1 is 1.15 bits per heavy atom. The van der Waals surface area contributed by atoms with E-state index >= 15 is 0 Å². The Bertz CT molecular complexity index is 1450. The number of aromatic nitrogens is 3. The standard InChI is InChI=1S/C24H20FN5O3S/c1-34(33)21-13-30(24-27-11-16(12-28-24)17-4-2-3-5-19(17)25)20-10-15(6-7-18(20)21)23(32)29-9-8-26-22(31)14-29/h2-7,10-13H,8-9,14H2,1H3,(H,26,31). The molecule has 0 radical (unpaired) electrons. The third-order valence-corrected chi connectivity index (χ3v) is 6.63. The van der Waals surface area contributed by atoms with E-state index in [1.54, 1.807) is 53.4 Å². The highest BCUT2D eigenvalue weighted by Crippen LogP contribution is 2.28. The van der Waals surface area contributed by atoms with Crippen molar-refractivity contribution in [1.82, 2.24) is 24.8 Å². The molecule has 5 rings (SSSR count). The van der Waals surface area contributed by atoms with Crippen LogP contribution in [0.5, 0.6) is 0 Å². The summed E-state index contributed by atoms with van der Waals surface area (Å²) in [7, 11) is -1.29. The highest BCUT2D eigenvalue weighted by atomic mass is 32.2. The van der Waals surface area contributed by atoms with Crippen molar-refractivity contribution < 1.29 is 18.2 Å². The van der Waals surface area contributed by atoms with Crippen molar-refractivity contribution in [1.29, 1.82) is 0 Å². The number of piperazine rings is 1. The highest BCUT2D eigenvalue weighted by Gasteiger charge is 2.24. The van der Waals surface area contributed by atoms with Gasteiger partial charge in [0.1, 0.15) is 5.82 Å². The van der Waals surface area contributed by atoms with Gasteiger partial charge < -0.3 is 10.2 Å². The van der Waals surface area contributed by atoms with Crippen LogP contribution in [-0.4, -0.2) is 61.3 Å². The van der Waals surface area contributed by atoms with Gasteiger partial charge in [-0.05, 0) is 18.2 Å². The molecule has 0 spiro atoms. The first kappa shape index (κ1) is 21.9. The van der Waals surface area contributed by atoms with E-state index < -0.39 is 10.8 Å². The number of nitrogens with zero attached hydrogens (tertiary/aromatic N) is 4. The van der Waals surface area contributed by atoms with Crippen molar-refractivity contribution in [3.63, 3.8) is 0 Å². The molecular weight excluding hydrogens is 457 g/mol. The van der Waals surface area contributed by atoms with Crippen molar-refractivity contribution in [3.05, 3.63) is 72.4 Å². The van der Waals surface area contributed by atoms with Gasteiger partial charge in [0, 0.05) is 60.0 Å². The van der Waals surface area contributed by atoms with E-state index in [2.05, 4.69) is 15.3 Å². The van der Waals surface area contributed by atoms with Crippen molar-refractivity contribution >= 4 is 33.5 Å². The lowest BCUT2D eigenvalue weighted by molar-refractivity contribution is -0.123. The molecule has 2 aromatic heterocycles. The van der Waals surface area contributed by atoms with Gasteiger partial charge in [0.15, 0.2) is 0 Å². The van der Waals surface area contributed by atoms with E-state index in [1.165, 1.54) is 23.4 Å². The summed E-state index contributed by atoms with van der Waals surface area (Å²) in [6, 6.07) is 11.5. The number of benzene rings is 2. The average molecular weight is 478 g/mol. The molecule has 1 aliphatic heterocycles. The van der Waals surface area contributed by atoms with Crippen LogP contribution in [0, 0.1) is 5.82 Å². The summed E-state index contributed by atoms with van der Waals surface area (Å²) in [6.07, 6.45) is 6.31. The van der Waals surface area contributed by atoms with Crippen molar-refractivity contribution in [2.75, 3.05) is 25.9 Å². The summed E-state index contributed by atoms with van der Waals surface area (Å²) >= 11 is 0. The van der Waals surface area contributed by atoms with Gasteiger partial charge in [-0.2, -0.15) is 0 Å². The fourth-order valence-corrected chi connectivity index (χ4v) is 4.73. The molecule has 1 aliphatic rings. The van der Waals surface area contributed by atoms with Gasteiger partial charge in [-0.25, -0.2) is 14.4 Å². The molecule has 2 amide bonds. The Kier molecular flexibility index (Phi) is 5.66. The number of carbonyl (C=O) groups is 2. The molecule has 1 atom stereocenters. The second-order valence-corrected chi connectivity index (χ2v) is 9.23. The third kappa shape index (κ3) is 3.96. The van der Waals surface area contributed by atoms with Gasteiger partial charge in [0.2, 0.25) is 11.9 Å². The number of nitrogens with one attached hydrogen (secondary N) is 1. The largest absolute Gasteiger partial charge is 0.353 e. The molecule has 0 aliphatic carbocycles. The average Bonchev–Trinajstić information content (AvgIpc) is 3.23. The van der Waals surface area contributed by atoms with Gasteiger partial charge in [-0.15, -0.1) is 0 Å². The van der Waals surface area contributed by atoms with Crippen LogP contribution in [0.3, 0.4) is 0 Å². The van der Waals surface area contributed by atoms with E-state index in [-0.39, 0.29) is 24.2 Å². The Labute approximate surface area is 196 Å². The van der Waals surface area contributed by atoms with Crippen LogP contribution in [0.2, 0.25) is 0 Å². The zero-order valence-electron chi connectivity index (χ0n) is 18.2. The minimum absolute atomic E-state index is 0.00271. The molecule has 0 saturated carbocycles. The van der Waals surface area contributed by atoms with E-state index in [9.17, 15) is 18.2 Å². The van der Waals surface area contributed by atoms with Gasteiger partial charge in [-0.1, -0.05) is 24.3 Å². The van der Waals surface area contributed by atoms with E-state index in [0.29, 0.717) is 51.5 Å². The van der Waals surface area contributed by atoms with Crippen LogP contribution < -0.4 is 5.32 Å². The van der Waals surface area contributed by atoms with E-state index in [0.717, 1.165) is 0 Å². The monoisotopic (exact) mass is 477 g/mol. The van der Waals surface area contributed by atoms with Crippen LogP contribution in [0.1, 0.15) is 10.4 Å². The molecule has 1 fully saturated rings. The van der Waals surface area contributed by atoms with Gasteiger partial charge in [0.05, 0.1) is 27.8 Å². The maximum absolute atomic E-state index is 14.1. The van der Waals surface area contributed by atoms with E-state index in [1.807, 2.05) is 0 Å². The summed E-state index contributed by atoms with van der Waals surface area (Å²) in [5.74, 6) is -0.539. The maximum Gasteiger partial charge on any atom is 0.254 e. The topological polar surface area (TPSA) is 97.2 Å². The van der Waals surface area contributed by atoms with Crippen molar-refractivity contribution in [3.8, 4) is 17.1 Å². The summed E-state index contributed by atoms with van der Waals surface area (Å²) < 4.78 is 28.2. The zero-order chi connectivity index (χ0) is 23.8. The van der Waals surface area contributed by atoms with Crippen molar-refractivity contribution in [2.24, 2.45) is 0 Å². The van der Waals surface area contributed by atoms with Crippen molar-refractivity contribution in [2.45, 2.75) is 4.90 Å². The molecule has 10 heteroatoms. The predicted octanol–water partition coefficient (Wildman–Crippen LogP) is 2.54. The number of amides is 2. The molecule has 2 aromatic carbocycles. The number of carbonyl (C=O) groups excluding carboxylic acids is 2. The van der Waals surface area contributed by atoms with Crippen LogP contribution in [0.4, 0.5) is 4.39 Å². The lowest BCUT2D eigenvalue weighted by atomic mass is 10.1. The van der Waals surface area contributed by atoms with E-state index in [4.69, 9.17) is 0 Å². The molecule has 1 N–H and O–H groups in total. The normalized spacial score (nSPS) is 14.8. The minimum atomic E-state index is -1.29. The summed E-state index contributed by atoms with van der Waals surface area (Å²) in [5, 5.41) is 3.41. The number of hydrogen-bond donors (Lipinski definition) is 1. The molecule has 4 aromatic rings. The highest BCUT2D eigenvalue weighted by molar-refractivity contribution is 7.84. The molecule has 8 nitrogen and oxygen atoms in total. The smallest absolute Gasteiger partial charge is 0.254 e. The Hall–Kier alpha value is -3.92. The fourth-order valence-electron chi connectivity index (χ4n) is 4.00. The molecule has 1 unspecified atom stereocenters. The predicted molar refractivity (Wildman–Crippen MR) is 126 cm³/mol. The third-order valence-electron chi connectivity index (χ3n) is 5.69. The van der Waals surface area contributed by atoms with Crippen LogP contribution in [-0.2, 0) is 15.6 Å². The van der Waals surface area contributed by atoms with Gasteiger partial charge in [-0.3, -0.25) is 18.4 Å². The molecule has 34 heavy (non-hydrogen) atoms. The first-order chi connectivity index (χ1) is 16.4. The SMILES string of the molecule is CS(=O)c1cn(-c2ncc(-c3ccccc3F)cn2)c2cc(C(=O)N3CCNC(=O)C3)ccc12. The van der Waals surface area contributed by atoms with Crippen LogP contribution in [0.25, 0.3) is 28.0 Å². The lowest BCUT2D eigenvalue weighted by Gasteiger charge is -2.26. The molecule has 172 valence electrons. The molecule has 0 bridgehead atoms. The number of hydrogen-bond acceptors (Lipinski definition) is 5. The Morgan fingerprint density at radius 3 is 2.62 bits per heavy atom. The summed E-state index contributed by atoms with van der Waals surface area (Å²) in [6.45, 7) is 0.835. The second kappa shape index (κ2) is 8.79. The number of halogens is 1. The molecule has 1 saturated heterocycles. The fraction of sp³-hybridized carbons (Fsp3) is 0.167. The first-order valence-electron chi connectivity index (χ1n) is 10.5. The molecule has 3 heterocycles. The van der Waals surface area contributed by atoms with Gasteiger partial charge in [0.25, 0.3) is 5.91 Å². The van der Waals surface area contributed by atoms with Crippen LogP contribution in [0.15, 0.2) is 66.0 Å². The second-order valence-electron chi connectivity index (χ2n) is 7.88. The quantitative estimate of drug-likeness (QED) is 0.487. The summed E-state index contributed by atoms with van der Waals surface area (Å²) in [5.41, 5.74) is 1.92. The minimum Gasteiger partial charge on any atom is -0.353 e. The number of rotatable bonds is 4. The van der Waals surface area contributed by atoms with Gasteiger partial charge >= 0.3 is 0 Å². The Balaban J connectivity index is 1.57. The van der Waals surface area contributed by atoms with Crippen LogP contribution >= 0.6 is 0 Å².